The number of benzene rings is 2. The quantitative estimate of drug-likeness (QED) is 0.0934. The van der Waals surface area contributed by atoms with E-state index >= 15 is 0 Å². The van der Waals surface area contributed by atoms with E-state index in [1.165, 1.54) is 32.4 Å². The summed E-state index contributed by atoms with van der Waals surface area (Å²) in [5.41, 5.74) is 0.253. The van der Waals surface area contributed by atoms with Crippen LogP contribution in [0.5, 0.6) is 17.2 Å². The van der Waals surface area contributed by atoms with Crippen molar-refractivity contribution in [2.75, 3.05) is 31.7 Å². The van der Waals surface area contributed by atoms with Crippen LogP contribution in [0, 0.1) is 11.1 Å². The number of carbonyl (C=O) groups is 2. The van der Waals surface area contributed by atoms with Crippen LogP contribution in [-0.2, 0) is 32.0 Å². The third kappa shape index (κ3) is 9.86. The Morgan fingerprint density at radius 2 is 1.70 bits per heavy atom. The fraction of sp³-hybridized carbons (Fsp3) is 0.406. The lowest BCUT2D eigenvalue weighted by molar-refractivity contribution is -0.605. The van der Waals surface area contributed by atoms with Crippen LogP contribution in [0.3, 0.4) is 0 Å². The number of methoxy groups -OCH3 is 2. The smallest absolute Gasteiger partial charge is 0.338 e. The summed E-state index contributed by atoms with van der Waals surface area (Å²) < 4.78 is 52.0. The van der Waals surface area contributed by atoms with E-state index in [9.17, 15) is 23.6 Å². The Bertz CT molecular complexity index is 1620. The van der Waals surface area contributed by atoms with Crippen LogP contribution in [0.4, 0.5) is 5.69 Å². The lowest BCUT2D eigenvalue weighted by atomic mass is 10.0. The van der Waals surface area contributed by atoms with Crippen LogP contribution in [-0.4, -0.2) is 53.7 Å². The molecule has 3 aromatic rings. The summed E-state index contributed by atoms with van der Waals surface area (Å²) in [4.78, 5) is 26.3. The molecule has 1 saturated carbocycles. The number of esters is 2. The van der Waals surface area contributed by atoms with Gasteiger partial charge >= 0.3 is 11.9 Å². The van der Waals surface area contributed by atoms with Gasteiger partial charge in [0.25, 0.3) is 11.3 Å². The molecular weight excluding hydrogens is 675 g/mol. The topological polar surface area (TPSA) is 148 Å². The minimum absolute atomic E-state index is 0.00396. The number of carbonyl (C=O) groups excluding carboxylic acids is 2. The number of ether oxygens (including phenoxy) is 5. The van der Waals surface area contributed by atoms with Crippen LogP contribution >= 0.6 is 23.2 Å². The predicted octanol–water partition coefficient (Wildman–Crippen LogP) is 5.86. The molecule has 1 fully saturated rings. The maximum Gasteiger partial charge on any atom is 0.338 e. The Morgan fingerprint density at radius 3 is 2.28 bits per heavy atom. The SMILES string of the molecule is COc1ccc([C@H](Cc2c(Cl)c[n+]([O-])cc2Cl)OC(=O)c2ccc(N(CC(=O)OC(C)(C)C)S(=O)O)c(OCC3CC3)c2)cc1OC. The van der Waals surface area contributed by atoms with Crippen molar-refractivity contribution in [1.82, 2.24) is 0 Å². The van der Waals surface area contributed by atoms with E-state index in [0.29, 0.717) is 39.9 Å². The van der Waals surface area contributed by atoms with Gasteiger partial charge in [0.1, 0.15) is 34.0 Å². The summed E-state index contributed by atoms with van der Waals surface area (Å²) in [6, 6.07) is 9.18. The van der Waals surface area contributed by atoms with E-state index in [4.69, 9.17) is 46.9 Å². The molecule has 1 aromatic heterocycles. The molecule has 2 aromatic carbocycles. The van der Waals surface area contributed by atoms with Gasteiger partial charge in [-0.05, 0) is 75.4 Å². The number of anilines is 1. The Kier molecular flexibility index (Phi) is 11.8. The van der Waals surface area contributed by atoms with Gasteiger partial charge in [0.2, 0.25) is 0 Å². The molecular formula is C32H36Cl2N2O10S. The average molecular weight is 712 g/mol. The van der Waals surface area contributed by atoms with Crippen LogP contribution < -0.4 is 23.2 Å². The van der Waals surface area contributed by atoms with Crippen molar-refractivity contribution in [2.45, 2.75) is 51.7 Å². The first-order valence-electron chi connectivity index (χ1n) is 14.6. The van der Waals surface area contributed by atoms with Gasteiger partial charge in [0.15, 0.2) is 23.9 Å². The van der Waals surface area contributed by atoms with Crippen LogP contribution in [0.25, 0.3) is 0 Å². The highest BCUT2D eigenvalue weighted by molar-refractivity contribution is 7.80. The highest BCUT2D eigenvalue weighted by Crippen LogP contribution is 2.38. The van der Waals surface area contributed by atoms with Crippen molar-refractivity contribution in [3.05, 3.63) is 80.7 Å². The first-order chi connectivity index (χ1) is 22.2. The molecule has 12 nitrogen and oxygen atoms in total. The van der Waals surface area contributed by atoms with Gasteiger partial charge in [0.05, 0.1) is 32.1 Å². The molecule has 0 amide bonds. The number of hydrogen-bond acceptors (Lipinski definition) is 9. The molecule has 47 heavy (non-hydrogen) atoms. The first-order valence-corrected chi connectivity index (χ1v) is 16.4. The Hall–Kier alpha value is -3.78. The van der Waals surface area contributed by atoms with Gasteiger partial charge in [-0.2, -0.15) is 4.73 Å². The van der Waals surface area contributed by atoms with Gasteiger partial charge in [0, 0.05) is 12.0 Å². The second kappa shape index (κ2) is 15.4. The van der Waals surface area contributed by atoms with Gasteiger partial charge in [-0.25, -0.2) is 9.00 Å². The molecule has 0 bridgehead atoms. The average Bonchev–Trinajstić information content (AvgIpc) is 3.83. The zero-order chi connectivity index (χ0) is 34.5. The van der Waals surface area contributed by atoms with Crippen molar-refractivity contribution in [2.24, 2.45) is 5.92 Å². The standard InChI is InChI=1S/C32H36Cl2N2O10S/c1-32(2,3)46-30(37)17-36(47(40)41)25-10-8-21(13-28(25)44-18-19-6-7-19)31(38)45-27(14-22-23(33)15-35(39)16-24(22)34)20-9-11-26(42-4)29(12-20)43-5/h8-13,15-16,19,27H,6-7,14,17-18H2,1-5H3,(H,40,41)/t27-/m0/s1. The number of pyridine rings is 1. The van der Waals surface area contributed by atoms with E-state index in [0.717, 1.165) is 29.5 Å². The minimum atomic E-state index is -2.63. The van der Waals surface area contributed by atoms with E-state index in [1.807, 2.05) is 0 Å². The molecule has 0 saturated heterocycles. The molecule has 1 heterocycles. The van der Waals surface area contributed by atoms with Crippen molar-refractivity contribution in [3.63, 3.8) is 0 Å². The van der Waals surface area contributed by atoms with Crippen molar-refractivity contribution < 1.29 is 46.8 Å². The number of hydrogen-bond donors (Lipinski definition) is 1. The molecule has 15 heteroatoms. The highest BCUT2D eigenvalue weighted by Gasteiger charge is 2.29. The summed E-state index contributed by atoms with van der Waals surface area (Å²) in [6.07, 6.45) is 3.25. The third-order valence-electron chi connectivity index (χ3n) is 6.99. The van der Waals surface area contributed by atoms with Crippen LogP contribution in [0.2, 0.25) is 10.0 Å². The summed E-state index contributed by atoms with van der Waals surface area (Å²) in [6.45, 7) is 4.82. The van der Waals surface area contributed by atoms with E-state index in [-0.39, 0.29) is 33.5 Å². The fourth-order valence-electron chi connectivity index (χ4n) is 4.56. The van der Waals surface area contributed by atoms with Gasteiger partial charge in [-0.3, -0.25) is 13.7 Å². The molecule has 1 unspecified atom stereocenters. The maximum absolute atomic E-state index is 13.7. The maximum atomic E-state index is 13.7. The highest BCUT2D eigenvalue weighted by atomic mass is 35.5. The zero-order valence-corrected chi connectivity index (χ0v) is 28.8. The van der Waals surface area contributed by atoms with Crippen molar-refractivity contribution >= 4 is 52.1 Å². The van der Waals surface area contributed by atoms with Gasteiger partial charge < -0.3 is 28.9 Å². The number of rotatable bonds is 14. The molecule has 0 aliphatic heterocycles. The summed E-state index contributed by atoms with van der Waals surface area (Å²) in [7, 11) is 2.96. The van der Waals surface area contributed by atoms with E-state index in [1.54, 1.807) is 39.0 Å². The Morgan fingerprint density at radius 1 is 1.04 bits per heavy atom. The van der Waals surface area contributed by atoms with Gasteiger partial charge in [-0.15, -0.1) is 0 Å². The summed E-state index contributed by atoms with van der Waals surface area (Å²) in [5.74, 6) is -0.242. The lowest BCUT2D eigenvalue weighted by Gasteiger charge is -2.25. The second-order valence-corrected chi connectivity index (χ2v) is 13.5. The normalized spacial score (nSPS) is 14.1. The van der Waals surface area contributed by atoms with Crippen LogP contribution in [0.15, 0.2) is 48.8 Å². The number of halogens is 2. The Labute approximate surface area is 285 Å². The number of aromatic nitrogens is 1. The molecule has 254 valence electrons. The fourth-order valence-corrected chi connectivity index (χ4v) is 5.69. The van der Waals surface area contributed by atoms with Crippen molar-refractivity contribution in [1.29, 1.82) is 0 Å². The lowest BCUT2D eigenvalue weighted by Crippen LogP contribution is -2.36. The van der Waals surface area contributed by atoms with E-state index in [2.05, 4.69) is 0 Å². The Balaban J connectivity index is 1.69. The monoisotopic (exact) mass is 710 g/mol. The molecule has 1 N–H and O–H groups in total. The zero-order valence-electron chi connectivity index (χ0n) is 26.5. The van der Waals surface area contributed by atoms with Crippen molar-refractivity contribution in [3.8, 4) is 17.2 Å². The van der Waals surface area contributed by atoms with Gasteiger partial charge in [-0.1, -0.05) is 29.3 Å². The third-order valence-corrected chi connectivity index (χ3v) is 8.35. The molecule has 4 rings (SSSR count). The summed E-state index contributed by atoms with van der Waals surface area (Å²) in [5, 5.41) is 12.0. The minimum Gasteiger partial charge on any atom is -0.619 e. The van der Waals surface area contributed by atoms with Crippen LogP contribution in [0.1, 0.15) is 61.2 Å². The largest absolute Gasteiger partial charge is 0.619 e. The van der Waals surface area contributed by atoms with E-state index < -0.39 is 41.5 Å². The summed E-state index contributed by atoms with van der Waals surface area (Å²) >= 11 is 10.1. The predicted molar refractivity (Wildman–Crippen MR) is 175 cm³/mol. The first kappa shape index (κ1) is 36.1. The molecule has 1 aliphatic carbocycles. The number of nitrogens with zero attached hydrogens (tertiary/aromatic N) is 2. The molecule has 2 atom stereocenters. The molecule has 0 radical (unpaired) electrons. The second-order valence-electron chi connectivity index (χ2n) is 11.8. The molecule has 1 aliphatic rings. The molecule has 0 spiro atoms.